The second kappa shape index (κ2) is 7.77. The highest BCUT2D eigenvalue weighted by molar-refractivity contribution is 5.14. The topological polar surface area (TPSA) is 26.7 Å². The Balaban J connectivity index is 1.95. The van der Waals surface area contributed by atoms with Crippen LogP contribution in [0.5, 0.6) is 0 Å². The summed E-state index contributed by atoms with van der Waals surface area (Å²) in [4.78, 5) is 5.00. The van der Waals surface area contributed by atoms with Crippen LogP contribution in [0, 0.1) is 0 Å². The van der Waals surface area contributed by atoms with E-state index >= 15 is 0 Å². The lowest BCUT2D eigenvalue weighted by Crippen LogP contribution is -2.43. The SMILES string of the molecule is CC(C)N(Cc1ccccc1)C[C@@H]1CCCN1CCO. The number of likely N-dealkylation sites (tertiary alicyclic amines) is 1. The summed E-state index contributed by atoms with van der Waals surface area (Å²) in [5, 5.41) is 9.17. The Hall–Kier alpha value is -0.900. The Kier molecular flexibility index (Phi) is 6.02. The van der Waals surface area contributed by atoms with Crippen LogP contribution in [0.1, 0.15) is 32.3 Å². The summed E-state index contributed by atoms with van der Waals surface area (Å²) in [5.41, 5.74) is 1.38. The molecule has 3 heteroatoms. The maximum absolute atomic E-state index is 9.17. The van der Waals surface area contributed by atoms with E-state index in [9.17, 15) is 0 Å². The minimum absolute atomic E-state index is 0.275. The van der Waals surface area contributed by atoms with E-state index in [-0.39, 0.29) is 6.61 Å². The third kappa shape index (κ3) is 4.30. The fourth-order valence-electron chi connectivity index (χ4n) is 3.07. The van der Waals surface area contributed by atoms with Crippen LogP contribution in [0.25, 0.3) is 0 Å². The standard InChI is InChI=1S/C17H28N2O/c1-15(2)19(13-16-7-4-3-5-8-16)14-17-9-6-10-18(17)11-12-20/h3-5,7-8,15,17,20H,6,9-14H2,1-2H3/t17-/m0/s1. The van der Waals surface area contributed by atoms with Crippen LogP contribution in [0.2, 0.25) is 0 Å². The van der Waals surface area contributed by atoms with Gasteiger partial charge in [0.05, 0.1) is 6.61 Å². The maximum atomic E-state index is 9.17. The normalized spacial score (nSPS) is 20.1. The van der Waals surface area contributed by atoms with E-state index in [0.29, 0.717) is 12.1 Å². The average molecular weight is 276 g/mol. The molecule has 1 aliphatic rings. The smallest absolute Gasteiger partial charge is 0.0558 e. The third-order valence-corrected chi connectivity index (χ3v) is 4.29. The van der Waals surface area contributed by atoms with Crippen molar-refractivity contribution in [1.29, 1.82) is 0 Å². The van der Waals surface area contributed by atoms with Gasteiger partial charge in [-0.1, -0.05) is 30.3 Å². The predicted octanol–water partition coefficient (Wildman–Crippen LogP) is 2.35. The van der Waals surface area contributed by atoms with Crippen LogP contribution in [-0.2, 0) is 6.54 Å². The molecule has 1 aliphatic heterocycles. The first kappa shape index (κ1) is 15.5. The lowest BCUT2D eigenvalue weighted by Gasteiger charge is -2.33. The molecule has 0 unspecified atom stereocenters. The molecule has 2 rings (SSSR count). The zero-order chi connectivity index (χ0) is 14.4. The molecule has 1 fully saturated rings. The maximum Gasteiger partial charge on any atom is 0.0558 e. The van der Waals surface area contributed by atoms with Crippen LogP contribution >= 0.6 is 0 Å². The van der Waals surface area contributed by atoms with Gasteiger partial charge in [-0.25, -0.2) is 0 Å². The number of rotatable bonds is 7. The van der Waals surface area contributed by atoms with E-state index < -0.39 is 0 Å². The summed E-state index contributed by atoms with van der Waals surface area (Å²) in [7, 11) is 0. The molecule has 1 aromatic carbocycles. The Morgan fingerprint density at radius 3 is 2.70 bits per heavy atom. The number of aliphatic hydroxyl groups is 1. The minimum Gasteiger partial charge on any atom is -0.395 e. The summed E-state index contributed by atoms with van der Waals surface area (Å²) in [5.74, 6) is 0. The lowest BCUT2D eigenvalue weighted by molar-refractivity contribution is 0.124. The van der Waals surface area contributed by atoms with Crippen molar-refractivity contribution in [3.05, 3.63) is 35.9 Å². The molecular formula is C17H28N2O. The fraction of sp³-hybridized carbons (Fsp3) is 0.647. The first-order valence-electron chi connectivity index (χ1n) is 7.83. The van der Waals surface area contributed by atoms with Gasteiger partial charge in [0, 0.05) is 31.7 Å². The fourth-order valence-corrected chi connectivity index (χ4v) is 3.07. The molecule has 0 amide bonds. The van der Waals surface area contributed by atoms with Crippen LogP contribution in [0.15, 0.2) is 30.3 Å². The van der Waals surface area contributed by atoms with Crippen molar-refractivity contribution in [3.63, 3.8) is 0 Å². The quantitative estimate of drug-likeness (QED) is 0.828. The molecule has 0 aliphatic carbocycles. The Morgan fingerprint density at radius 1 is 1.30 bits per heavy atom. The zero-order valence-corrected chi connectivity index (χ0v) is 12.8. The largest absolute Gasteiger partial charge is 0.395 e. The van der Waals surface area contributed by atoms with Gasteiger partial charge in [0.15, 0.2) is 0 Å². The molecule has 1 N–H and O–H groups in total. The van der Waals surface area contributed by atoms with Crippen LogP contribution in [0.3, 0.4) is 0 Å². The Labute approximate surface area is 123 Å². The van der Waals surface area contributed by atoms with E-state index in [0.717, 1.165) is 26.2 Å². The van der Waals surface area contributed by atoms with Gasteiger partial charge in [-0.3, -0.25) is 9.80 Å². The third-order valence-electron chi connectivity index (χ3n) is 4.29. The van der Waals surface area contributed by atoms with Gasteiger partial charge in [-0.15, -0.1) is 0 Å². The molecule has 0 saturated carbocycles. The molecule has 0 bridgehead atoms. The Morgan fingerprint density at radius 2 is 2.05 bits per heavy atom. The van der Waals surface area contributed by atoms with Crippen molar-refractivity contribution in [3.8, 4) is 0 Å². The molecule has 1 saturated heterocycles. The highest BCUT2D eigenvalue weighted by Crippen LogP contribution is 2.19. The number of hydrogen-bond donors (Lipinski definition) is 1. The number of benzene rings is 1. The summed E-state index contributed by atoms with van der Waals surface area (Å²) >= 11 is 0. The molecular weight excluding hydrogens is 248 g/mol. The van der Waals surface area contributed by atoms with Crippen molar-refractivity contribution in [1.82, 2.24) is 9.80 Å². The Bertz CT molecular complexity index is 380. The summed E-state index contributed by atoms with van der Waals surface area (Å²) in [6, 6.07) is 11.9. The zero-order valence-electron chi connectivity index (χ0n) is 12.8. The van der Waals surface area contributed by atoms with E-state index in [2.05, 4.69) is 54.0 Å². The lowest BCUT2D eigenvalue weighted by atomic mass is 10.1. The van der Waals surface area contributed by atoms with Gasteiger partial charge in [0.25, 0.3) is 0 Å². The van der Waals surface area contributed by atoms with E-state index in [1.165, 1.54) is 18.4 Å². The summed E-state index contributed by atoms with van der Waals surface area (Å²) in [6.07, 6.45) is 2.53. The van der Waals surface area contributed by atoms with Crippen LogP contribution < -0.4 is 0 Å². The van der Waals surface area contributed by atoms with Crippen molar-refractivity contribution < 1.29 is 5.11 Å². The highest BCUT2D eigenvalue weighted by atomic mass is 16.3. The van der Waals surface area contributed by atoms with E-state index in [1.807, 2.05) is 0 Å². The summed E-state index contributed by atoms with van der Waals surface area (Å²) < 4.78 is 0. The molecule has 1 aromatic rings. The number of hydrogen-bond acceptors (Lipinski definition) is 3. The second-order valence-corrected chi connectivity index (χ2v) is 6.06. The van der Waals surface area contributed by atoms with Gasteiger partial charge in [0.1, 0.15) is 0 Å². The van der Waals surface area contributed by atoms with E-state index in [4.69, 9.17) is 5.11 Å². The minimum atomic E-state index is 0.275. The monoisotopic (exact) mass is 276 g/mol. The van der Waals surface area contributed by atoms with Crippen molar-refractivity contribution >= 4 is 0 Å². The van der Waals surface area contributed by atoms with Gasteiger partial charge in [-0.05, 0) is 38.8 Å². The van der Waals surface area contributed by atoms with Crippen molar-refractivity contribution in [2.24, 2.45) is 0 Å². The van der Waals surface area contributed by atoms with Crippen molar-refractivity contribution in [2.75, 3.05) is 26.2 Å². The molecule has 112 valence electrons. The molecule has 0 radical (unpaired) electrons. The summed E-state index contributed by atoms with van der Waals surface area (Å²) in [6.45, 7) is 8.90. The molecule has 1 heterocycles. The molecule has 1 atom stereocenters. The van der Waals surface area contributed by atoms with Gasteiger partial charge in [-0.2, -0.15) is 0 Å². The first-order valence-corrected chi connectivity index (χ1v) is 7.83. The molecule has 0 spiro atoms. The number of β-amino-alcohol motifs (C(OH)–C–C–N with tert-alkyl or cyclic N) is 1. The average Bonchev–Trinajstić information content (AvgIpc) is 2.87. The molecule has 0 aromatic heterocycles. The molecule has 20 heavy (non-hydrogen) atoms. The predicted molar refractivity (Wildman–Crippen MR) is 83.7 cm³/mol. The van der Waals surface area contributed by atoms with Crippen molar-refractivity contribution in [2.45, 2.75) is 45.3 Å². The van der Waals surface area contributed by atoms with Crippen LogP contribution in [0.4, 0.5) is 0 Å². The first-order chi connectivity index (χ1) is 9.70. The van der Waals surface area contributed by atoms with Gasteiger partial charge >= 0.3 is 0 Å². The molecule has 3 nitrogen and oxygen atoms in total. The van der Waals surface area contributed by atoms with Gasteiger partial charge < -0.3 is 5.11 Å². The second-order valence-electron chi connectivity index (χ2n) is 6.06. The number of aliphatic hydroxyl groups excluding tert-OH is 1. The van der Waals surface area contributed by atoms with Crippen LogP contribution in [-0.4, -0.2) is 53.2 Å². The highest BCUT2D eigenvalue weighted by Gasteiger charge is 2.26. The van der Waals surface area contributed by atoms with Gasteiger partial charge in [0.2, 0.25) is 0 Å². The number of nitrogens with zero attached hydrogens (tertiary/aromatic N) is 2. The van der Waals surface area contributed by atoms with E-state index in [1.54, 1.807) is 0 Å².